The predicted molar refractivity (Wildman–Crippen MR) is 77.0 cm³/mol. The van der Waals surface area contributed by atoms with Gasteiger partial charge in [-0.2, -0.15) is 5.10 Å². The van der Waals surface area contributed by atoms with E-state index in [1.807, 2.05) is 30.3 Å². The number of hydrogen-bond donors (Lipinski definition) is 0. The first-order valence-electron chi connectivity index (χ1n) is 5.79. The van der Waals surface area contributed by atoms with E-state index >= 15 is 0 Å². The Bertz CT molecular complexity index is 784. The minimum Gasteiger partial charge on any atom is -0.267 e. The molecule has 0 bridgehead atoms. The molecule has 2 aromatic heterocycles. The van der Waals surface area contributed by atoms with Gasteiger partial charge in [-0.25, -0.2) is 4.68 Å². The summed E-state index contributed by atoms with van der Waals surface area (Å²) in [5.74, 6) is 0. The number of halogens is 1. The fourth-order valence-electron chi connectivity index (χ4n) is 1.92. The molecule has 1 aromatic carbocycles. The maximum atomic E-state index is 12.3. The van der Waals surface area contributed by atoms with Gasteiger partial charge in [0.1, 0.15) is 0 Å². The number of pyridine rings is 1. The predicted octanol–water partition coefficient (Wildman–Crippen LogP) is 2.60. The van der Waals surface area contributed by atoms with Gasteiger partial charge in [-0.15, -0.1) is 0 Å². The molecule has 0 aliphatic heterocycles. The van der Waals surface area contributed by atoms with Crippen molar-refractivity contribution in [3.63, 3.8) is 0 Å². The monoisotopic (exact) mass is 315 g/mol. The average molecular weight is 316 g/mol. The Morgan fingerprint density at radius 2 is 2.11 bits per heavy atom. The zero-order valence-electron chi connectivity index (χ0n) is 9.95. The van der Waals surface area contributed by atoms with Gasteiger partial charge in [-0.1, -0.05) is 22.0 Å². The summed E-state index contributed by atoms with van der Waals surface area (Å²) < 4.78 is 2.36. The first-order chi connectivity index (χ1) is 9.24. The van der Waals surface area contributed by atoms with Crippen molar-refractivity contribution in [2.45, 2.75) is 6.54 Å². The summed E-state index contributed by atoms with van der Waals surface area (Å²) >= 11 is 3.38. The highest BCUT2D eigenvalue weighted by molar-refractivity contribution is 9.10. The van der Waals surface area contributed by atoms with Crippen LogP contribution in [0.1, 0.15) is 5.69 Å². The highest BCUT2D eigenvalue weighted by Gasteiger charge is 2.05. The molecule has 94 valence electrons. The van der Waals surface area contributed by atoms with Crippen molar-refractivity contribution in [2.24, 2.45) is 0 Å². The van der Waals surface area contributed by atoms with E-state index in [2.05, 4.69) is 26.0 Å². The standard InChI is InChI=1S/C14H10BrN3O/c15-11-4-5-13-10(7-11)8-17-18(14(13)19)9-12-3-1-2-6-16-12/h1-8H,9H2. The number of fused-ring (bicyclic) bond motifs is 1. The molecule has 4 nitrogen and oxygen atoms in total. The molecular weight excluding hydrogens is 306 g/mol. The van der Waals surface area contributed by atoms with Gasteiger partial charge in [0.15, 0.2) is 0 Å². The van der Waals surface area contributed by atoms with Gasteiger partial charge in [0.2, 0.25) is 0 Å². The van der Waals surface area contributed by atoms with E-state index in [1.54, 1.807) is 18.5 Å². The Labute approximate surface area is 117 Å². The lowest BCUT2D eigenvalue weighted by molar-refractivity contribution is 0.636. The molecular formula is C14H10BrN3O. The highest BCUT2D eigenvalue weighted by atomic mass is 79.9. The summed E-state index contributed by atoms with van der Waals surface area (Å²) in [6, 6.07) is 11.2. The van der Waals surface area contributed by atoms with E-state index in [0.717, 1.165) is 15.6 Å². The smallest absolute Gasteiger partial charge is 0.267 e. The Morgan fingerprint density at radius 3 is 2.89 bits per heavy atom. The molecule has 0 amide bonds. The lowest BCUT2D eigenvalue weighted by Gasteiger charge is -2.05. The van der Waals surface area contributed by atoms with Gasteiger partial charge < -0.3 is 0 Å². The van der Waals surface area contributed by atoms with Crippen LogP contribution in [0.4, 0.5) is 0 Å². The van der Waals surface area contributed by atoms with Crippen molar-refractivity contribution in [1.29, 1.82) is 0 Å². The largest absolute Gasteiger partial charge is 0.274 e. The summed E-state index contributed by atoms with van der Waals surface area (Å²) in [4.78, 5) is 16.5. The summed E-state index contributed by atoms with van der Waals surface area (Å²) in [6.45, 7) is 0.381. The van der Waals surface area contributed by atoms with Crippen LogP contribution in [-0.4, -0.2) is 14.8 Å². The van der Waals surface area contributed by atoms with E-state index in [0.29, 0.717) is 11.9 Å². The second kappa shape index (κ2) is 4.93. The van der Waals surface area contributed by atoms with Gasteiger partial charge in [0, 0.05) is 16.1 Å². The zero-order chi connectivity index (χ0) is 13.2. The van der Waals surface area contributed by atoms with Gasteiger partial charge in [0.25, 0.3) is 5.56 Å². The van der Waals surface area contributed by atoms with E-state index in [9.17, 15) is 4.79 Å². The molecule has 0 atom stereocenters. The highest BCUT2D eigenvalue weighted by Crippen LogP contribution is 2.16. The van der Waals surface area contributed by atoms with Crippen LogP contribution in [0.2, 0.25) is 0 Å². The molecule has 0 unspecified atom stereocenters. The molecule has 2 heterocycles. The molecule has 0 saturated heterocycles. The lowest BCUT2D eigenvalue weighted by Crippen LogP contribution is -2.23. The minimum absolute atomic E-state index is 0.101. The van der Waals surface area contributed by atoms with Crippen LogP contribution in [0.5, 0.6) is 0 Å². The van der Waals surface area contributed by atoms with Crippen molar-refractivity contribution in [1.82, 2.24) is 14.8 Å². The Balaban J connectivity index is 2.08. The normalized spacial score (nSPS) is 10.8. The van der Waals surface area contributed by atoms with Crippen LogP contribution >= 0.6 is 15.9 Å². The molecule has 0 spiro atoms. The number of benzene rings is 1. The third-order valence-corrected chi connectivity index (χ3v) is 3.35. The van der Waals surface area contributed by atoms with E-state index in [4.69, 9.17) is 0 Å². The van der Waals surface area contributed by atoms with E-state index in [1.165, 1.54) is 4.68 Å². The minimum atomic E-state index is -0.101. The maximum absolute atomic E-state index is 12.3. The summed E-state index contributed by atoms with van der Waals surface area (Å²) in [5.41, 5.74) is 0.712. The first kappa shape index (κ1) is 12.0. The molecule has 0 radical (unpaired) electrons. The van der Waals surface area contributed by atoms with Crippen LogP contribution in [0.25, 0.3) is 10.8 Å². The second-order valence-electron chi connectivity index (χ2n) is 4.16. The maximum Gasteiger partial charge on any atom is 0.274 e. The third-order valence-electron chi connectivity index (χ3n) is 2.85. The fourth-order valence-corrected chi connectivity index (χ4v) is 2.30. The average Bonchev–Trinajstić information content (AvgIpc) is 2.43. The number of aromatic nitrogens is 3. The summed E-state index contributed by atoms with van der Waals surface area (Å²) in [6.07, 6.45) is 3.41. The molecule has 0 fully saturated rings. The SMILES string of the molecule is O=c1c2ccc(Br)cc2cnn1Cc1ccccn1. The fraction of sp³-hybridized carbons (Fsp3) is 0.0714. The van der Waals surface area contributed by atoms with Crippen LogP contribution in [0, 0.1) is 0 Å². The Morgan fingerprint density at radius 1 is 1.21 bits per heavy atom. The molecule has 3 rings (SSSR count). The van der Waals surface area contributed by atoms with Gasteiger partial charge in [0.05, 0.1) is 23.8 Å². The molecule has 0 aliphatic carbocycles. The topological polar surface area (TPSA) is 47.8 Å². The van der Waals surface area contributed by atoms with Crippen molar-refractivity contribution in [2.75, 3.05) is 0 Å². The quantitative estimate of drug-likeness (QED) is 0.730. The molecule has 0 saturated carbocycles. The molecule has 19 heavy (non-hydrogen) atoms. The molecule has 5 heteroatoms. The molecule has 0 aliphatic rings. The Hall–Kier alpha value is -2.01. The van der Waals surface area contributed by atoms with Crippen molar-refractivity contribution < 1.29 is 0 Å². The van der Waals surface area contributed by atoms with Crippen LogP contribution in [0.15, 0.2) is 58.1 Å². The van der Waals surface area contributed by atoms with Crippen LogP contribution in [-0.2, 0) is 6.54 Å². The lowest BCUT2D eigenvalue weighted by atomic mass is 10.2. The van der Waals surface area contributed by atoms with Gasteiger partial charge in [-0.05, 0) is 30.3 Å². The zero-order valence-corrected chi connectivity index (χ0v) is 11.5. The van der Waals surface area contributed by atoms with Crippen molar-refractivity contribution in [3.8, 4) is 0 Å². The second-order valence-corrected chi connectivity index (χ2v) is 5.08. The van der Waals surface area contributed by atoms with Gasteiger partial charge >= 0.3 is 0 Å². The summed E-state index contributed by atoms with van der Waals surface area (Å²) in [5, 5.41) is 5.68. The van der Waals surface area contributed by atoms with Gasteiger partial charge in [-0.3, -0.25) is 9.78 Å². The van der Waals surface area contributed by atoms with E-state index in [-0.39, 0.29) is 5.56 Å². The van der Waals surface area contributed by atoms with Crippen LogP contribution < -0.4 is 5.56 Å². The molecule has 0 N–H and O–H groups in total. The number of rotatable bonds is 2. The third kappa shape index (κ3) is 2.42. The van der Waals surface area contributed by atoms with Crippen molar-refractivity contribution >= 4 is 26.7 Å². The van der Waals surface area contributed by atoms with E-state index < -0.39 is 0 Å². The molecule has 3 aromatic rings. The van der Waals surface area contributed by atoms with Crippen molar-refractivity contribution in [3.05, 3.63) is 69.3 Å². The number of nitrogens with zero attached hydrogens (tertiary/aromatic N) is 3. The van der Waals surface area contributed by atoms with Crippen LogP contribution in [0.3, 0.4) is 0 Å². The Kier molecular flexibility index (Phi) is 3.13. The first-order valence-corrected chi connectivity index (χ1v) is 6.58. The number of hydrogen-bond acceptors (Lipinski definition) is 3. The summed E-state index contributed by atoms with van der Waals surface area (Å²) in [7, 11) is 0.